The van der Waals surface area contributed by atoms with Crippen LogP contribution in [0.3, 0.4) is 0 Å². The van der Waals surface area contributed by atoms with Gasteiger partial charge in [-0.25, -0.2) is 0 Å². The molecule has 1 saturated heterocycles. The van der Waals surface area contributed by atoms with Crippen LogP contribution < -0.4 is 0 Å². The average Bonchev–Trinajstić information content (AvgIpc) is 2.76. The van der Waals surface area contributed by atoms with Crippen LogP contribution in [-0.4, -0.2) is 34.2 Å². The van der Waals surface area contributed by atoms with E-state index in [2.05, 4.69) is 24.0 Å². The number of halogens is 3. The first kappa shape index (κ1) is 23.2. The maximum Gasteiger partial charge on any atom is 0.390 e. The molecule has 0 aromatic rings. The number of rotatable bonds is 6. The maximum absolute atomic E-state index is 12.6. The lowest BCUT2D eigenvalue weighted by Gasteiger charge is -2.40. The van der Waals surface area contributed by atoms with E-state index in [1.54, 1.807) is 6.07 Å². The van der Waals surface area contributed by atoms with E-state index in [1.807, 2.05) is 6.92 Å². The fraction of sp³-hybridized carbons (Fsp3) is 0.762. The smallest absolute Gasteiger partial charge is 0.390 e. The molecule has 0 aromatic carbocycles. The summed E-state index contributed by atoms with van der Waals surface area (Å²) in [5, 5.41) is 19.6. The molecule has 1 aliphatic carbocycles. The minimum Gasteiger partial charge on any atom is -0.393 e. The van der Waals surface area contributed by atoms with Gasteiger partial charge in [0, 0.05) is 18.2 Å². The lowest BCUT2D eigenvalue weighted by molar-refractivity contribution is -0.141. The van der Waals surface area contributed by atoms with Crippen LogP contribution in [0.4, 0.5) is 13.2 Å². The van der Waals surface area contributed by atoms with E-state index in [1.165, 1.54) is 11.3 Å². The molecule has 1 N–H and O–H groups in total. The second-order valence-electron chi connectivity index (χ2n) is 8.16. The van der Waals surface area contributed by atoms with Gasteiger partial charge in [0.05, 0.1) is 29.9 Å². The largest absolute Gasteiger partial charge is 0.393 e. The van der Waals surface area contributed by atoms with Crippen LogP contribution in [0.2, 0.25) is 0 Å². The van der Waals surface area contributed by atoms with Crippen molar-refractivity contribution in [2.75, 3.05) is 6.54 Å². The van der Waals surface area contributed by atoms with Crippen LogP contribution in [0.1, 0.15) is 58.8 Å². The number of nitrogens with zero attached hydrogens (tertiary/aromatic N) is 2. The Bertz CT molecular complexity index is 626. The second kappa shape index (κ2) is 10.1. The second-order valence-corrected chi connectivity index (χ2v) is 8.69. The van der Waals surface area contributed by atoms with Gasteiger partial charge in [0.25, 0.3) is 0 Å². The zero-order valence-corrected chi connectivity index (χ0v) is 17.5. The van der Waals surface area contributed by atoms with Crippen molar-refractivity contribution < 1.29 is 18.3 Å². The summed E-state index contributed by atoms with van der Waals surface area (Å²) in [4.78, 5) is 2.27. The molecule has 1 fully saturated rings. The molecule has 0 saturated carbocycles. The molecule has 0 radical (unpaired) electrons. The summed E-state index contributed by atoms with van der Waals surface area (Å²) in [7, 11) is 0. The Kier molecular flexibility index (Phi) is 8.32. The number of likely N-dealkylation sites (tertiary alicyclic amines) is 1. The highest BCUT2D eigenvalue weighted by Gasteiger charge is 2.38. The molecule has 2 rings (SSSR count). The summed E-state index contributed by atoms with van der Waals surface area (Å²) >= 11 is 4.87. The lowest BCUT2D eigenvalue weighted by atomic mass is 9.82. The first-order valence-corrected chi connectivity index (χ1v) is 10.6. The summed E-state index contributed by atoms with van der Waals surface area (Å²) < 4.78 is 37.9. The molecule has 3 nitrogen and oxygen atoms in total. The van der Waals surface area contributed by atoms with Crippen molar-refractivity contribution in [3.8, 4) is 6.07 Å². The van der Waals surface area contributed by atoms with Gasteiger partial charge >= 0.3 is 6.18 Å². The van der Waals surface area contributed by atoms with Gasteiger partial charge in [-0.05, 0) is 56.9 Å². The minimum absolute atomic E-state index is 0.0257. The van der Waals surface area contributed by atoms with E-state index >= 15 is 0 Å². The van der Waals surface area contributed by atoms with E-state index in [9.17, 15) is 18.3 Å². The molecule has 28 heavy (non-hydrogen) atoms. The number of alkyl halides is 3. The van der Waals surface area contributed by atoms with Gasteiger partial charge in [-0.3, -0.25) is 0 Å². The van der Waals surface area contributed by atoms with Gasteiger partial charge in [0.2, 0.25) is 0 Å². The molecule has 158 valence electrons. The van der Waals surface area contributed by atoms with E-state index < -0.39 is 24.6 Å². The standard InChI is InChI=1S/C21H31F3N2OS/c1-14-6-3-4-7-17(14)26-11-5-8-18(27)19(20(26)28)15(2)9-10-16(13-25)12-21(22,23)24/h3,6,15-16,18-20,27-28H,4-5,7-12H2,1-2H3/t15-,16?,18?,19?,20?/m1/s1. The Morgan fingerprint density at radius 2 is 2.11 bits per heavy atom. The third-order valence-corrected chi connectivity index (χ3v) is 6.64. The molecule has 1 aliphatic heterocycles. The first-order chi connectivity index (χ1) is 13.1. The van der Waals surface area contributed by atoms with Crippen LogP contribution in [0.25, 0.3) is 0 Å². The quantitative estimate of drug-likeness (QED) is 0.566. The summed E-state index contributed by atoms with van der Waals surface area (Å²) in [6.45, 7) is 4.87. The Morgan fingerprint density at radius 3 is 2.71 bits per heavy atom. The highest BCUT2D eigenvalue weighted by Crippen LogP contribution is 2.38. The molecular formula is C21H31F3N2OS. The normalized spacial score (nSPS) is 28.6. The molecule has 5 atom stereocenters. The maximum atomic E-state index is 12.6. The molecule has 7 heteroatoms. The van der Waals surface area contributed by atoms with Crippen LogP contribution in [-0.2, 0) is 0 Å². The van der Waals surface area contributed by atoms with Gasteiger partial charge < -0.3 is 10.0 Å². The predicted octanol–water partition coefficient (Wildman–Crippen LogP) is 5.45. The van der Waals surface area contributed by atoms with E-state index in [-0.39, 0.29) is 23.6 Å². The van der Waals surface area contributed by atoms with Crippen molar-refractivity contribution in [1.82, 2.24) is 4.90 Å². The number of aliphatic hydroxyl groups is 1. The number of hydrogen-bond donors (Lipinski definition) is 2. The summed E-state index contributed by atoms with van der Waals surface area (Å²) in [6.07, 6.45) is 2.44. The van der Waals surface area contributed by atoms with Crippen molar-refractivity contribution in [1.29, 1.82) is 5.26 Å². The Labute approximate surface area is 171 Å². The predicted molar refractivity (Wildman–Crippen MR) is 107 cm³/mol. The molecule has 0 aromatic heterocycles. The number of aliphatic hydroxyl groups excluding tert-OH is 1. The molecule has 0 amide bonds. The third-order valence-electron chi connectivity index (χ3n) is 6.01. The van der Waals surface area contributed by atoms with E-state index in [0.29, 0.717) is 12.8 Å². The van der Waals surface area contributed by atoms with E-state index in [0.717, 1.165) is 25.8 Å². The summed E-state index contributed by atoms with van der Waals surface area (Å²) in [6, 6.07) is 1.79. The third kappa shape index (κ3) is 6.18. The average molecular weight is 417 g/mol. The molecular weight excluding hydrogens is 385 g/mol. The minimum atomic E-state index is -4.33. The Balaban J connectivity index is 2.10. The summed E-state index contributed by atoms with van der Waals surface area (Å²) in [5.74, 6) is -1.21. The molecule has 2 aliphatic rings. The number of allylic oxidation sites excluding steroid dienone is 4. The monoisotopic (exact) mass is 416 g/mol. The Hall–Kier alpha value is -1.13. The van der Waals surface area contributed by atoms with Crippen molar-refractivity contribution in [2.45, 2.75) is 76.4 Å². The number of thiol groups is 1. The van der Waals surface area contributed by atoms with Crippen LogP contribution in [0, 0.1) is 29.1 Å². The van der Waals surface area contributed by atoms with Gasteiger partial charge in [-0.1, -0.05) is 19.1 Å². The highest BCUT2D eigenvalue weighted by molar-refractivity contribution is 7.80. The lowest BCUT2D eigenvalue weighted by Crippen LogP contribution is -2.42. The van der Waals surface area contributed by atoms with Crippen LogP contribution in [0.5, 0.6) is 0 Å². The Morgan fingerprint density at radius 1 is 1.39 bits per heavy atom. The van der Waals surface area contributed by atoms with Crippen molar-refractivity contribution in [3.05, 3.63) is 23.4 Å². The number of hydrogen-bond acceptors (Lipinski definition) is 4. The zero-order valence-electron chi connectivity index (χ0n) is 16.6. The topological polar surface area (TPSA) is 47.3 Å². The zero-order chi connectivity index (χ0) is 20.9. The first-order valence-electron chi connectivity index (χ1n) is 10.1. The summed E-state index contributed by atoms with van der Waals surface area (Å²) in [5.41, 5.74) is 2.46. The van der Waals surface area contributed by atoms with Crippen molar-refractivity contribution >= 4 is 12.6 Å². The SMILES string of the molecule is CC1=C(N2CCCC(O)C([C@H](C)CCC(C#N)CC(F)(F)F)C2S)CCC=C1. The van der Waals surface area contributed by atoms with Gasteiger partial charge in [-0.2, -0.15) is 31.1 Å². The molecule has 4 unspecified atom stereocenters. The highest BCUT2D eigenvalue weighted by atomic mass is 32.1. The van der Waals surface area contributed by atoms with Crippen LogP contribution >= 0.6 is 12.6 Å². The van der Waals surface area contributed by atoms with Gasteiger partial charge in [-0.15, -0.1) is 0 Å². The molecule has 0 bridgehead atoms. The molecule has 0 spiro atoms. The molecule has 1 heterocycles. The van der Waals surface area contributed by atoms with E-state index in [4.69, 9.17) is 17.9 Å². The fourth-order valence-electron chi connectivity index (χ4n) is 4.46. The number of nitriles is 1. The van der Waals surface area contributed by atoms with Crippen molar-refractivity contribution in [2.24, 2.45) is 17.8 Å². The van der Waals surface area contributed by atoms with Crippen molar-refractivity contribution in [3.63, 3.8) is 0 Å². The fourth-order valence-corrected chi connectivity index (χ4v) is 5.21. The van der Waals surface area contributed by atoms with Crippen LogP contribution in [0.15, 0.2) is 23.4 Å². The van der Waals surface area contributed by atoms with Gasteiger partial charge in [0.1, 0.15) is 0 Å². The van der Waals surface area contributed by atoms with Gasteiger partial charge in [0.15, 0.2) is 0 Å².